The predicted octanol–water partition coefficient (Wildman–Crippen LogP) is 2.19. The Balaban J connectivity index is 1.72. The Bertz CT molecular complexity index is 727. The summed E-state index contributed by atoms with van der Waals surface area (Å²) in [5, 5.41) is 7.01. The molecule has 3 rings (SSSR count). The molecule has 6 nitrogen and oxygen atoms in total. The van der Waals surface area contributed by atoms with Gasteiger partial charge in [-0.2, -0.15) is 5.10 Å². The Kier molecular flexibility index (Phi) is 3.68. The Morgan fingerprint density at radius 3 is 2.90 bits per heavy atom. The number of nitrogens with two attached hydrogens (primary N) is 1. The van der Waals surface area contributed by atoms with Crippen LogP contribution in [0.25, 0.3) is 11.3 Å². The molecule has 0 bridgehead atoms. The van der Waals surface area contributed by atoms with Gasteiger partial charge in [0.05, 0.1) is 24.4 Å². The quantitative estimate of drug-likeness (QED) is 0.751. The van der Waals surface area contributed by atoms with Crippen LogP contribution in [0.1, 0.15) is 17.7 Å². The Labute approximate surface area is 123 Å². The molecule has 0 radical (unpaired) electrons. The molecule has 0 aliphatic heterocycles. The summed E-state index contributed by atoms with van der Waals surface area (Å²) in [6.45, 7) is 2.93. The lowest BCUT2D eigenvalue weighted by Crippen LogP contribution is -2.02. The molecule has 108 valence electrons. The molecule has 0 atom stereocenters. The van der Waals surface area contributed by atoms with Gasteiger partial charge in [0.25, 0.3) is 0 Å². The second-order valence-electron chi connectivity index (χ2n) is 5.06. The van der Waals surface area contributed by atoms with Crippen molar-refractivity contribution in [2.45, 2.75) is 26.3 Å². The fourth-order valence-electron chi connectivity index (χ4n) is 2.41. The lowest BCUT2D eigenvalue weighted by Gasteiger charge is -2.09. The zero-order valence-electron chi connectivity index (χ0n) is 12.0. The average molecular weight is 282 g/mol. The van der Waals surface area contributed by atoms with Gasteiger partial charge < -0.3 is 10.3 Å². The number of anilines is 1. The summed E-state index contributed by atoms with van der Waals surface area (Å²) in [7, 11) is 0. The number of aryl methyl sites for hydroxylation is 3. The summed E-state index contributed by atoms with van der Waals surface area (Å²) in [5.41, 5.74) is 11.1. The highest BCUT2D eigenvalue weighted by molar-refractivity contribution is 5.72. The molecule has 3 heterocycles. The normalized spacial score (nSPS) is 10.9. The van der Waals surface area contributed by atoms with Crippen molar-refractivity contribution in [1.29, 1.82) is 0 Å². The van der Waals surface area contributed by atoms with Gasteiger partial charge >= 0.3 is 0 Å². The zero-order valence-corrected chi connectivity index (χ0v) is 12.0. The molecule has 0 amide bonds. The number of hydrogen-bond donors (Lipinski definition) is 2. The van der Waals surface area contributed by atoms with Crippen molar-refractivity contribution in [3.8, 4) is 11.3 Å². The van der Waals surface area contributed by atoms with Crippen LogP contribution in [-0.4, -0.2) is 24.7 Å². The maximum atomic E-state index is 6.01. The molecule has 3 aromatic rings. The minimum Gasteiger partial charge on any atom is -0.398 e. The molecule has 0 aliphatic rings. The van der Waals surface area contributed by atoms with Crippen molar-refractivity contribution in [1.82, 2.24) is 24.7 Å². The first-order valence-electron chi connectivity index (χ1n) is 6.94. The molecule has 6 heteroatoms. The molecule has 0 aliphatic carbocycles. The van der Waals surface area contributed by atoms with Crippen LogP contribution in [-0.2, 0) is 13.0 Å². The van der Waals surface area contributed by atoms with Crippen molar-refractivity contribution in [2.75, 3.05) is 5.73 Å². The molecule has 3 aromatic heterocycles. The van der Waals surface area contributed by atoms with Crippen molar-refractivity contribution < 1.29 is 0 Å². The minimum atomic E-state index is 0.720. The number of nitrogens with one attached hydrogen (secondary N) is 1. The van der Waals surface area contributed by atoms with Gasteiger partial charge in [-0.05, 0) is 31.4 Å². The Morgan fingerprint density at radius 1 is 1.24 bits per heavy atom. The van der Waals surface area contributed by atoms with E-state index in [2.05, 4.69) is 24.7 Å². The van der Waals surface area contributed by atoms with Crippen LogP contribution in [0.15, 0.2) is 37.2 Å². The third kappa shape index (κ3) is 2.79. The zero-order chi connectivity index (χ0) is 14.7. The van der Waals surface area contributed by atoms with E-state index in [0.717, 1.165) is 42.0 Å². The van der Waals surface area contributed by atoms with E-state index in [9.17, 15) is 0 Å². The van der Waals surface area contributed by atoms with Crippen LogP contribution in [0.2, 0.25) is 0 Å². The third-order valence-corrected chi connectivity index (χ3v) is 3.62. The SMILES string of the molecule is Cc1[nH]ncc1CCCn1cncc1-c1cnccc1N. The molecule has 0 saturated carbocycles. The minimum absolute atomic E-state index is 0.720. The van der Waals surface area contributed by atoms with E-state index >= 15 is 0 Å². The topological polar surface area (TPSA) is 85.4 Å². The van der Waals surface area contributed by atoms with Crippen LogP contribution in [0, 0.1) is 6.92 Å². The van der Waals surface area contributed by atoms with Crippen LogP contribution in [0.4, 0.5) is 5.69 Å². The molecule has 0 saturated heterocycles. The number of H-pyrrole nitrogens is 1. The van der Waals surface area contributed by atoms with Gasteiger partial charge in [0.2, 0.25) is 0 Å². The van der Waals surface area contributed by atoms with Gasteiger partial charge in [0.15, 0.2) is 0 Å². The van der Waals surface area contributed by atoms with Gasteiger partial charge in [-0.3, -0.25) is 10.1 Å². The van der Waals surface area contributed by atoms with Gasteiger partial charge in [-0.25, -0.2) is 4.98 Å². The van der Waals surface area contributed by atoms with Crippen molar-refractivity contribution in [2.24, 2.45) is 0 Å². The lowest BCUT2D eigenvalue weighted by molar-refractivity contribution is 0.645. The molecule has 0 fully saturated rings. The van der Waals surface area contributed by atoms with E-state index in [1.165, 1.54) is 5.56 Å². The molecule has 21 heavy (non-hydrogen) atoms. The standard InChI is InChI=1S/C15H18N6/c1-11-12(7-19-20-11)3-2-6-21-10-18-9-15(21)13-8-17-5-4-14(13)16/h4-5,7-10H,2-3,6H2,1H3,(H2,16,17)(H,19,20). The first-order valence-corrected chi connectivity index (χ1v) is 6.94. The summed E-state index contributed by atoms with van der Waals surface area (Å²) >= 11 is 0. The number of nitrogens with zero attached hydrogens (tertiary/aromatic N) is 4. The second-order valence-corrected chi connectivity index (χ2v) is 5.06. The largest absolute Gasteiger partial charge is 0.398 e. The Morgan fingerprint density at radius 2 is 2.14 bits per heavy atom. The van der Waals surface area contributed by atoms with Crippen LogP contribution < -0.4 is 5.73 Å². The molecule has 0 aromatic carbocycles. The fraction of sp³-hybridized carbons (Fsp3) is 0.267. The van der Waals surface area contributed by atoms with E-state index in [0.29, 0.717) is 0 Å². The monoisotopic (exact) mass is 282 g/mol. The van der Waals surface area contributed by atoms with Gasteiger partial charge in [-0.15, -0.1) is 0 Å². The maximum Gasteiger partial charge on any atom is 0.0950 e. The number of imidazole rings is 1. The number of aromatic amines is 1. The molecule has 3 N–H and O–H groups in total. The van der Waals surface area contributed by atoms with Crippen LogP contribution in [0.5, 0.6) is 0 Å². The number of aromatic nitrogens is 5. The summed E-state index contributed by atoms with van der Waals surface area (Å²) in [5.74, 6) is 0. The average Bonchev–Trinajstić information content (AvgIpc) is 3.09. The van der Waals surface area contributed by atoms with Crippen molar-refractivity contribution in [3.63, 3.8) is 0 Å². The third-order valence-electron chi connectivity index (χ3n) is 3.62. The van der Waals surface area contributed by atoms with Crippen molar-refractivity contribution in [3.05, 3.63) is 48.4 Å². The molecular weight excluding hydrogens is 264 g/mol. The van der Waals surface area contributed by atoms with E-state index in [1.54, 1.807) is 12.4 Å². The molecule has 0 spiro atoms. The number of pyridine rings is 1. The van der Waals surface area contributed by atoms with E-state index in [-0.39, 0.29) is 0 Å². The molecule has 0 unspecified atom stereocenters. The molecular formula is C15H18N6. The summed E-state index contributed by atoms with van der Waals surface area (Å²) in [6, 6.07) is 1.81. The van der Waals surface area contributed by atoms with E-state index < -0.39 is 0 Å². The van der Waals surface area contributed by atoms with Crippen molar-refractivity contribution >= 4 is 5.69 Å². The van der Waals surface area contributed by atoms with Crippen LogP contribution >= 0.6 is 0 Å². The Hall–Kier alpha value is -2.63. The summed E-state index contributed by atoms with van der Waals surface area (Å²) < 4.78 is 2.11. The van der Waals surface area contributed by atoms with Gasteiger partial charge in [0, 0.05) is 35.9 Å². The lowest BCUT2D eigenvalue weighted by atomic mass is 10.1. The predicted molar refractivity (Wildman–Crippen MR) is 81.5 cm³/mol. The van der Waals surface area contributed by atoms with E-state index in [1.807, 2.05) is 31.7 Å². The number of hydrogen-bond acceptors (Lipinski definition) is 4. The first kappa shape index (κ1) is 13.4. The van der Waals surface area contributed by atoms with E-state index in [4.69, 9.17) is 5.73 Å². The smallest absolute Gasteiger partial charge is 0.0950 e. The highest BCUT2D eigenvalue weighted by Crippen LogP contribution is 2.24. The highest BCUT2D eigenvalue weighted by Gasteiger charge is 2.09. The summed E-state index contributed by atoms with van der Waals surface area (Å²) in [6.07, 6.45) is 11.0. The van der Waals surface area contributed by atoms with Crippen LogP contribution in [0.3, 0.4) is 0 Å². The van der Waals surface area contributed by atoms with Gasteiger partial charge in [-0.1, -0.05) is 0 Å². The maximum absolute atomic E-state index is 6.01. The number of nitrogen functional groups attached to an aromatic ring is 1. The fourth-order valence-corrected chi connectivity index (χ4v) is 2.41. The second kappa shape index (κ2) is 5.78. The number of rotatable bonds is 5. The van der Waals surface area contributed by atoms with Gasteiger partial charge in [0.1, 0.15) is 0 Å². The highest BCUT2D eigenvalue weighted by atomic mass is 15.1. The first-order chi connectivity index (χ1) is 10.3. The summed E-state index contributed by atoms with van der Waals surface area (Å²) in [4.78, 5) is 8.38.